The van der Waals surface area contributed by atoms with Crippen LogP contribution in [0.25, 0.3) is 6.08 Å². The molecule has 90 valence electrons. The summed E-state index contributed by atoms with van der Waals surface area (Å²) >= 11 is 4.48. The van der Waals surface area contributed by atoms with Gasteiger partial charge in [0.2, 0.25) is 0 Å². The third-order valence-electron chi connectivity index (χ3n) is 2.40. The molecule has 0 fully saturated rings. The fraction of sp³-hybridized carbons (Fsp3) is 0. The lowest BCUT2D eigenvalue weighted by Gasteiger charge is -1.97. The maximum Gasteiger partial charge on any atom is 0.185 e. The van der Waals surface area contributed by atoms with E-state index in [0.717, 1.165) is 18.3 Å². The van der Waals surface area contributed by atoms with Crippen molar-refractivity contribution in [2.75, 3.05) is 0 Å². The van der Waals surface area contributed by atoms with Crippen molar-refractivity contribution in [2.24, 2.45) is 0 Å². The second-order valence-corrected chi connectivity index (χ2v) is 6.25. The van der Waals surface area contributed by atoms with Gasteiger partial charge in [0.25, 0.3) is 0 Å². The lowest BCUT2D eigenvalue weighted by molar-refractivity contribution is 0.104. The summed E-state index contributed by atoms with van der Waals surface area (Å²) in [6, 6.07) is 15.6. The fourth-order valence-corrected chi connectivity index (χ4v) is 2.42. The quantitative estimate of drug-likeness (QED) is 0.366. The number of hydrogen-bond donors (Lipinski definition) is 0. The normalized spacial score (nSPS) is 10.8. The van der Waals surface area contributed by atoms with Crippen molar-refractivity contribution < 1.29 is 4.79 Å². The number of benzene rings is 2. The molecule has 0 aliphatic rings. The van der Waals surface area contributed by atoms with E-state index in [9.17, 15) is 4.79 Å². The SMILES string of the molecule is O=C(/C=C/c1cccc(I)c1)c1ccc(I)cc1. The molecule has 0 unspecified atom stereocenters. The van der Waals surface area contributed by atoms with E-state index in [4.69, 9.17) is 0 Å². The van der Waals surface area contributed by atoms with Gasteiger partial charge in [0.05, 0.1) is 0 Å². The Morgan fingerprint density at radius 1 is 0.944 bits per heavy atom. The lowest BCUT2D eigenvalue weighted by atomic mass is 10.1. The first kappa shape index (κ1) is 13.7. The first-order valence-electron chi connectivity index (χ1n) is 5.39. The number of halogens is 2. The molecule has 0 aliphatic carbocycles. The molecule has 0 spiro atoms. The van der Waals surface area contributed by atoms with Crippen LogP contribution < -0.4 is 0 Å². The second-order valence-electron chi connectivity index (χ2n) is 3.76. The van der Waals surface area contributed by atoms with Crippen LogP contribution in [0.5, 0.6) is 0 Å². The summed E-state index contributed by atoms with van der Waals surface area (Å²) in [7, 11) is 0. The summed E-state index contributed by atoms with van der Waals surface area (Å²) in [6.07, 6.45) is 3.47. The van der Waals surface area contributed by atoms with Gasteiger partial charge < -0.3 is 0 Å². The molecule has 3 heteroatoms. The van der Waals surface area contributed by atoms with Crippen LogP contribution in [-0.4, -0.2) is 5.78 Å². The first-order chi connectivity index (χ1) is 8.65. The molecular formula is C15H10I2O. The fourth-order valence-electron chi connectivity index (χ4n) is 1.49. The maximum atomic E-state index is 11.9. The molecule has 0 amide bonds. The Morgan fingerprint density at radius 3 is 2.33 bits per heavy atom. The molecule has 0 aliphatic heterocycles. The van der Waals surface area contributed by atoms with Gasteiger partial charge in [0.1, 0.15) is 0 Å². The Kier molecular flexibility index (Phi) is 4.94. The highest BCUT2D eigenvalue weighted by atomic mass is 127. The van der Waals surface area contributed by atoms with Crippen LogP contribution in [-0.2, 0) is 0 Å². The predicted molar refractivity (Wildman–Crippen MR) is 91.7 cm³/mol. The van der Waals surface area contributed by atoms with Crippen LogP contribution in [0, 0.1) is 7.14 Å². The largest absolute Gasteiger partial charge is 0.289 e. The third-order valence-corrected chi connectivity index (χ3v) is 3.79. The Bertz CT molecular complexity index is 586. The van der Waals surface area contributed by atoms with Gasteiger partial charge >= 0.3 is 0 Å². The Labute approximate surface area is 134 Å². The number of carbonyl (C=O) groups excluding carboxylic acids is 1. The smallest absolute Gasteiger partial charge is 0.185 e. The van der Waals surface area contributed by atoms with E-state index in [1.165, 1.54) is 0 Å². The van der Waals surface area contributed by atoms with Gasteiger partial charge in [0, 0.05) is 12.7 Å². The van der Waals surface area contributed by atoms with E-state index in [1.54, 1.807) is 6.08 Å². The summed E-state index contributed by atoms with van der Waals surface area (Å²) in [5.74, 6) is 0.0326. The van der Waals surface area contributed by atoms with Gasteiger partial charge in [-0.3, -0.25) is 4.79 Å². The molecule has 0 heterocycles. The molecule has 0 saturated carbocycles. The number of carbonyl (C=O) groups is 1. The molecule has 0 atom stereocenters. The van der Waals surface area contributed by atoms with Crippen molar-refractivity contribution in [3.8, 4) is 0 Å². The highest BCUT2D eigenvalue weighted by Crippen LogP contribution is 2.11. The molecule has 2 aromatic carbocycles. The zero-order valence-electron chi connectivity index (χ0n) is 9.44. The van der Waals surface area contributed by atoms with Crippen molar-refractivity contribution in [3.05, 3.63) is 72.9 Å². The minimum absolute atomic E-state index is 0.0326. The van der Waals surface area contributed by atoms with Gasteiger partial charge in [-0.1, -0.05) is 30.3 Å². The van der Waals surface area contributed by atoms with Crippen LogP contribution in [0.2, 0.25) is 0 Å². The van der Waals surface area contributed by atoms with Gasteiger partial charge in [0.15, 0.2) is 5.78 Å². The van der Waals surface area contributed by atoms with Gasteiger partial charge in [-0.05, 0) is 81.1 Å². The van der Waals surface area contributed by atoms with Crippen molar-refractivity contribution in [1.29, 1.82) is 0 Å². The van der Waals surface area contributed by atoms with E-state index in [0.29, 0.717) is 0 Å². The molecule has 1 nitrogen and oxygen atoms in total. The number of ketones is 1. The number of rotatable bonds is 3. The van der Waals surface area contributed by atoms with E-state index < -0.39 is 0 Å². The van der Waals surface area contributed by atoms with Crippen LogP contribution in [0.4, 0.5) is 0 Å². The zero-order valence-corrected chi connectivity index (χ0v) is 13.8. The number of hydrogen-bond acceptors (Lipinski definition) is 1. The number of allylic oxidation sites excluding steroid dienone is 1. The summed E-state index contributed by atoms with van der Waals surface area (Å²) < 4.78 is 2.29. The molecule has 2 rings (SSSR count). The van der Waals surface area contributed by atoms with Crippen molar-refractivity contribution in [3.63, 3.8) is 0 Å². The summed E-state index contributed by atoms with van der Waals surface area (Å²) in [4.78, 5) is 11.9. The molecule has 18 heavy (non-hydrogen) atoms. The van der Waals surface area contributed by atoms with Crippen LogP contribution in [0.1, 0.15) is 15.9 Å². The molecule has 2 aromatic rings. The monoisotopic (exact) mass is 460 g/mol. The third kappa shape index (κ3) is 3.91. The molecule has 0 radical (unpaired) electrons. The van der Waals surface area contributed by atoms with Crippen molar-refractivity contribution in [2.45, 2.75) is 0 Å². The van der Waals surface area contributed by atoms with Crippen molar-refractivity contribution >= 4 is 57.0 Å². The van der Waals surface area contributed by atoms with Gasteiger partial charge in [-0.2, -0.15) is 0 Å². The van der Waals surface area contributed by atoms with Crippen LogP contribution in [0.3, 0.4) is 0 Å². The topological polar surface area (TPSA) is 17.1 Å². The predicted octanol–water partition coefficient (Wildman–Crippen LogP) is 4.79. The van der Waals surface area contributed by atoms with Crippen molar-refractivity contribution in [1.82, 2.24) is 0 Å². The van der Waals surface area contributed by atoms with Gasteiger partial charge in [-0.15, -0.1) is 0 Å². The highest BCUT2D eigenvalue weighted by molar-refractivity contribution is 14.1. The molecule has 0 N–H and O–H groups in total. The molecule has 0 bridgehead atoms. The average molecular weight is 460 g/mol. The summed E-state index contributed by atoms with van der Waals surface area (Å²) in [6.45, 7) is 0. The van der Waals surface area contributed by atoms with Crippen LogP contribution in [0.15, 0.2) is 54.6 Å². The maximum absolute atomic E-state index is 11.9. The summed E-state index contributed by atoms with van der Waals surface area (Å²) in [5.41, 5.74) is 1.76. The standard InChI is InChI=1S/C15H10I2O/c16-13-7-5-12(6-8-13)15(18)9-4-11-2-1-3-14(17)10-11/h1-10H/b9-4+. The lowest BCUT2D eigenvalue weighted by Crippen LogP contribution is -1.93. The first-order valence-corrected chi connectivity index (χ1v) is 7.54. The van der Waals surface area contributed by atoms with E-state index >= 15 is 0 Å². The molecule has 0 saturated heterocycles. The van der Waals surface area contributed by atoms with E-state index in [2.05, 4.69) is 45.2 Å². The average Bonchev–Trinajstić information content (AvgIpc) is 2.37. The second kappa shape index (κ2) is 6.47. The molecular weight excluding hydrogens is 450 g/mol. The van der Waals surface area contributed by atoms with E-state index in [-0.39, 0.29) is 5.78 Å². The Hall–Kier alpha value is -0.690. The molecule has 0 aromatic heterocycles. The van der Waals surface area contributed by atoms with Gasteiger partial charge in [-0.25, -0.2) is 0 Å². The van der Waals surface area contributed by atoms with E-state index in [1.807, 2.05) is 54.6 Å². The zero-order chi connectivity index (χ0) is 13.0. The minimum atomic E-state index is 0.0326. The summed E-state index contributed by atoms with van der Waals surface area (Å²) in [5, 5.41) is 0. The minimum Gasteiger partial charge on any atom is -0.289 e. The Morgan fingerprint density at radius 2 is 1.67 bits per heavy atom. The van der Waals surface area contributed by atoms with Crippen LogP contribution >= 0.6 is 45.2 Å². The highest BCUT2D eigenvalue weighted by Gasteiger charge is 2.00. The Balaban J connectivity index is 2.14.